The van der Waals surface area contributed by atoms with E-state index in [1.165, 1.54) is 0 Å². The fourth-order valence-corrected chi connectivity index (χ4v) is 5.14. The number of benzene rings is 2. The highest BCUT2D eigenvalue weighted by Gasteiger charge is 2.37. The Morgan fingerprint density at radius 1 is 0.906 bits per heavy atom. The summed E-state index contributed by atoms with van der Waals surface area (Å²) >= 11 is 5.95. The molecule has 6 nitrogen and oxygen atoms in total. The van der Waals surface area contributed by atoms with Crippen molar-refractivity contribution in [3.63, 3.8) is 0 Å². The van der Waals surface area contributed by atoms with Crippen LogP contribution in [0.15, 0.2) is 42.5 Å². The summed E-state index contributed by atoms with van der Waals surface area (Å²) in [6.07, 6.45) is 3.56. The van der Waals surface area contributed by atoms with E-state index in [9.17, 15) is 9.59 Å². The molecule has 3 heterocycles. The highest BCUT2D eigenvalue weighted by atomic mass is 35.5. The van der Waals surface area contributed by atoms with Crippen LogP contribution in [0.3, 0.4) is 0 Å². The van der Waals surface area contributed by atoms with Crippen LogP contribution in [0.4, 0.5) is 0 Å². The number of rotatable bonds is 3. The van der Waals surface area contributed by atoms with Gasteiger partial charge in [-0.1, -0.05) is 17.7 Å². The minimum absolute atomic E-state index is 0.0380. The summed E-state index contributed by atoms with van der Waals surface area (Å²) in [4.78, 5) is 30.3. The molecule has 2 atom stereocenters. The number of halogens is 1. The van der Waals surface area contributed by atoms with Gasteiger partial charge in [0.15, 0.2) is 11.5 Å². The predicted octanol–water partition coefficient (Wildman–Crippen LogP) is 4.33. The van der Waals surface area contributed by atoms with Gasteiger partial charge in [-0.05, 0) is 67.6 Å². The molecule has 0 spiro atoms. The molecule has 0 aliphatic carbocycles. The van der Waals surface area contributed by atoms with Crippen LogP contribution in [0, 0.1) is 5.92 Å². The quantitative estimate of drug-likeness (QED) is 0.692. The molecule has 0 N–H and O–H groups in total. The monoisotopic (exact) mass is 454 g/mol. The second kappa shape index (κ2) is 9.02. The molecule has 0 saturated carbocycles. The van der Waals surface area contributed by atoms with Crippen LogP contribution in [0.1, 0.15) is 47.6 Å². The molecule has 168 valence electrons. The zero-order valence-electron chi connectivity index (χ0n) is 18.0. The van der Waals surface area contributed by atoms with E-state index in [2.05, 4.69) is 0 Å². The molecule has 5 rings (SSSR count). The summed E-state index contributed by atoms with van der Waals surface area (Å²) in [7, 11) is 0. The molecular weight excluding hydrogens is 428 g/mol. The third-order valence-electron chi connectivity index (χ3n) is 6.64. The van der Waals surface area contributed by atoms with Gasteiger partial charge in [0, 0.05) is 30.2 Å². The molecule has 2 saturated heterocycles. The normalized spacial score (nSPS) is 22.7. The van der Waals surface area contributed by atoms with E-state index >= 15 is 0 Å². The van der Waals surface area contributed by atoms with Gasteiger partial charge < -0.3 is 19.3 Å². The molecule has 3 aliphatic rings. The van der Waals surface area contributed by atoms with E-state index in [1.807, 2.05) is 28.0 Å². The van der Waals surface area contributed by atoms with E-state index in [0.29, 0.717) is 36.9 Å². The van der Waals surface area contributed by atoms with Crippen LogP contribution in [0.5, 0.6) is 11.5 Å². The van der Waals surface area contributed by atoms with Crippen molar-refractivity contribution < 1.29 is 19.1 Å². The van der Waals surface area contributed by atoms with Gasteiger partial charge in [0.2, 0.25) is 5.91 Å². The fourth-order valence-electron chi connectivity index (χ4n) is 5.02. The van der Waals surface area contributed by atoms with Crippen molar-refractivity contribution in [2.24, 2.45) is 5.92 Å². The Hall–Kier alpha value is -2.73. The first kappa shape index (κ1) is 21.1. The lowest BCUT2D eigenvalue weighted by Crippen LogP contribution is -2.46. The summed E-state index contributed by atoms with van der Waals surface area (Å²) < 4.78 is 11.4. The third kappa shape index (κ3) is 4.16. The number of nitrogens with zero attached hydrogens (tertiary/aromatic N) is 2. The second-order valence-corrected chi connectivity index (χ2v) is 9.13. The molecule has 2 aromatic carbocycles. The Morgan fingerprint density at radius 3 is 2.47 bits per heavy atom. The first-order valence-corrected chi connectivity index (χ1v) is 11.7. The molecule has 0 bridgehead atoms. The topological polar surface area (TPSA) is 59.1 Å². The van der Waals surface area contributed by atoms with Crippen LogP contribution in [-0.4, -0.2) is 54.5 Å². The molecule has 7 heteroatoms. The average molecular weight is 455 g/mol. The van der Waals surface area contributed by atoms with Gasteiger partial charge in [-0.3, -0.25) is 9.59 Å². The number of fused-ring (bicyclic) bond motifs is 1. The van der Waals surface area contributed by atoms with Crippen LogP contribution in [0.2, 0.25) is 5.02 Å². The summed E-state index contributed by atoms with van der Waals surface area (Å²) in [6.45, 7) is 3.00. The van der Waals surface area contributed by atoms with Crippen molar-refractivity contribution in [1.82, 2.24) is 9.80 Å². The maximum absolute atomic E-state index is 13.5. The van der Waals surface area contributed by atoms with Crippen LogP contribution >= 0.6 is 11.6 Å². The Balaban J connectivity index is 1.29. The van der Waals surface area contributed by atoms with Gasteiger partial charge in [-0.15, -0.1) is 0 Å². The number of carbonyl (C=O) groups is 2. The first-order valence-electron chi connectivity index (χ1n) is 11.3. The number of amides is 2. The van der Waals surface area contributed by atoms with Crippen LogP contribution in [0.25, 0.3) is 0 Å². The van der Waals surface area contributed by atoms with E-state index in [1.54, 1.807) is 24.3 Å². The zero-order chi connectivity index (χ0) is 22.1. The highest BCUT2D eigenvalue weighted by molar-refractivity contribution is 6.30. The lowest BCUT2D eigenvalue weighted by molar-refractivity contribution is -0.138. The summed E-state index contributed by atoms with van der Waals surface area (Å²) in [6, 6.07) is 13.0. The average Bonchev–Trinajstić information content (AvgIpc) is 3.33. The Morgan fingerprint density at radius 2 is 1.66 bits per heavy atom. The van der Waals surface area contributed by atoms with Gasteiger partial charge in [-0.25, -0.2) is 0 Å². The molecule has 2 aromatic rings. The number of hydrogen-bond donors (Lipinski definition) is 0. The van der Waals surface area contributed by atoms with Crippen molar-refractivity contribution in [2.75, 3.05) is 32.8 Å². The van der Waals surface area contributed by atoms with Crippen molar-refractivity contribution in [1.29, 1.82) is 0 Å². The Bertz CT molecular complexity index is 1010. The SMILES string of the molecule is O=C(c1ccc(Cl)cc1)N1CCC[C@H](C(=O)N2CCC[C@@H]2c2ccc3c(c2)OCCO3)C1. The van der Waals surface area contributed by atoms with Crippen molar-refractivity contribution in [2.45, 2.75) is 31.7 Å². The molecule has 0 unspecified atom stereocenters. The van der Waals surface area contributed by atoms with Gasteiger partial charge >= 0.3 is 0 Å². The fraction of sp³-hybridized carbons (Fsp3) is 0.440. The molecule has 3 aliphatic heterocycles. The number of piperidine rings is 1. The number of carbonyl (C=O) groups excluding carboxylic acids is 2. The van der Waals surface area contributed by atoms with E-state index in [-0.39, 0.29) is 23.8 Å². The van der Waals surface area contributed by atoms with Gasteiger partial charge in [0.1, 0.15) is 13.2 Å². The number of ether oxygens (including phenoxy) is 2. The molecule has 32 heavy (non-hydrogen) atoms. The maximum atomic E-state index is 13.5. The molecule has 0 radical (unpaired) electrons. The van der Waals surface area contributed by atoms with Crippen LogP contribution in [-0.2, 0) is 4.79 Å². The van der Waals surface area contributed by atoms with Crippen LogP contribution < -0.4 is 9.47 Å². The number of likely N-dealkylation sites (tertiary alicyclic amines) is 2. The van der Waals surface area contributed by atoms with E-state index in [4.69, 9.17) is 21.1 Å². The van der Waals surface area contributed by atoms with E-state index < -0.39 is 0 Å². The first-order chi connectivity index (χ1) is 15.6. The highest BCUT2D eigenvalue weighted by Crippen LogP contribution is 2.39. The largest absolute Gasteiger partial charge is 0.486 e. The summed E-state index contributed by atoms with van der Waals surface area (Å²) in [5.74, 6) is 1.46. The molecule has 2 amide bonds. The lowest BCUT2D eigenvalue weighted by Gasteiger charge is -2.36. The standard InChI is InChI=1S/C25H27ClN2O4/c26-20-8-5-17(6-9-20)24(29)27-11-1-3-19(16-27)25(30)28-12-2-4-21(28)18-7-10-22-23(15-18)32-14-13-31-22/h5-10,15,19,21H,1-4,11-14,16H2/t19-,21+/m0/s1. The summed E-state index contributed by atoms with van der Waals surface area (Å²) in [5, 5.41) is 0.604. The van der Waals surface area contributed by atoms with Crippen molar-refractivity contribution in [3.05, 3.63) is 58.6 Å². The third-order valence-corrected chi connectivity index (χ3v) is 6.89. The molecule has 0 aromatic heterocycles. The second-order valence-electron chi connectivity index (χ2n) is 8.69. The lowest BCUT2D eigenvalue weighted by atomic mass is 9.94. The Labute approximate surface area is 193 Å². The van der Waals surface area contributed by atoms with Gasteiger partial charge in [0.25, 0.3) is 5.91 Å². The van der Waals surface area contributed by atoms with Gasteiger partial charge in [-0.2, -0.15) is 0 Å². The summed E-state index contributed by atoms with van der Waals surface area (Å²) in [5.41, 5.74) is 1.70. The molecule has 2 fully saturated rings. The molecular formula is C25H27ClN2O4. The van der Waals surface area contributed by atoms with Gasteiger partial charge in [0.05, 0.1) is 12.0 Å². The smallest absolute Gasteiger partial charge is 0.253 e. The van der Waals surface area contributed by atoms with E-state index in [0.717, 1.165) is 49.3 Å². The maximum Gasteiger partial charge on any atom is 0.253 e. The minimum atomic E-state index is -0.169. The number of hydrogen-bond acceptors (Lipinski definition) is 4. The minimum Gasteiger partial charge on any atom is -0.486 e. The zero-order valence-corrected chi connectivity index (χ0v) is 18.7. The Kier molecular flexibility index (Phi) is 5.96. The van der Waals surface area contributed by atoms with Crippen molar-refractivity contribution in [3.8, 4) is 11.5 Å². The predicted molar refractivity (Wildman–Crippen MR) is 121 cm³/mol. The van der Waals surface area contributed by atoms with Crippen molar-refractivity contribution >= 4 is 23.4 Å².